The van der Waals surface area contributed by atoms with Gasteiger partial charge >= 0.3 is 6.03 Å². The number of thiophene rings is 1. The van der Waals surface area contributed by atoms with Crippen LogP contribution in [0.15, 0.2) is 30.3 Å². The minimum Gasteiger partial charge on any atom is -0.378 e. The summed E-state index contributed by atoms with van der Waals surface area (Å²) >= 11 is 13.6. The van der Waals surface area contributed by atoms with Crippen LogP contribution in [0.3, 0.4) is 0 Å². The monoisotopic (exact) mass is 535 g/mol. The predicted octanol–water partition coefficient (Wildman–Crippen LogP) is 5.98. The third kappa shape index (κ3) is 5.66. The van der Waals surface area contributed by atoms with E-state index in [4.69, 9.17) is 28.6 Å². The normalized spacial score (nSPS) is 14.2. The summed E-state index contributed by atoms with van der Waals surface area (Å²) in [5.74, 6) is 0.114. The minimum atomic E-state index is -0.446. The number of halogens is 2. The fourth-order valence-corrected chi connectivity index (χ4v) is 5.41. The first kappa shape index (κ1) is 25.6. The Bertz CT molecular complexity index is 1240. The number of hydrogen-bond donors (Lipinski definition) is 2. The smallest absolute Gasteiger partial charge is 0.325 e. The number of nitrogens with zero attached hydrogens (tertiary/aromatic N) is 3. The van der Waals surface area contributed by atoms with Gasteiger partial charge in [-0.15, -0.1) is 11.3 Å². The van der Waals surface area contributed by atoms with Gasteiger partial charge < -0.3 is 9.64 Å². The van der Waals surface area contributed by atoms with Gasteiger partial charge in [0.25, 0.3) is 0 Å². The highest BCUT2D eigenvalue weighted by Crippen LogP contribution is 2.38. The summed E-state index contributed by atoms with van der Waals surface area (Å²) in [4.78, 5) is 16.5. The van der Waals surface area contributed by atoms with Gasteiger partial charge in [0.05, 0.1) is 34.5 Å². The molecule has 1 fully saturated rings. The van der Waals surface area contributed by atoms with Crippen molar-refractivity contribution in [2.45, 2.75) is 33.1 Å². The Morgan fingerprint density at radius 1 is 1.20 bits per heavy atom. The number of benzene rings is 1. The quantitative estimate of drug-likeness (QED) is 0.402. The number of rotatable bonds is 4. The molecule has 35 heavy (non-hydrogen) atoms. The predicted molar refractivity (Wildman–Crippen MR) is 143 cm³/mol. The molecule has 0 aliphatic carbocycles. The number of nitrogens with one attached hydrogen (secondary N) is 2. The van der Waals surface area contributed by atoms with Crippen molar-refractivity contribution in [3.05, 3.63) is 57.3 Å². The van der Waals surface area contributed by atoms with Crippen molar-refractivity contribution in [1.82, 2.24) is 14.7 Å². The second kappa shape index (κ2) is 10.2. The summed E-state index contributed by atoms with van der Waals surface area (Å²) < 4.78 is 20.5. The number of hydrogen-bond acceptors (Lipinski definition) is 5. The Balaban J connectivity index is 1.56. The van der Waals surface area contributed by atoms with Gasteiger partial charge in [-0.3, -0.25) is 10.6 Å². The van der Waals surface area contributed by atoms with Crippen molar-refractivity contribution in [3.8, 4) is 5.69 Å². The maximum absolute atomic E-state index is 13.5. The second-order valence-electron chi connectivity index (χ2n) is 9.24. The molecule has 11 heteroatoms. The van der Waals surface area contributed by atoms with Gasteiger partial charge in [0.15, 0.2) is 0 Å². The number of urea groups is 1. The van der Waals surface area contributed by atoms with Crippen LogP contribution in [0.2, 0.25) is 5.02 Å². The highest BCUT2D eigenvalue weighted by molar-refractivity contribution is 7.81. The van der Waals surface area contributed by atoms with E-state index in [1.165, 1.54) is 23.5 Å². The van der Waals surface area contributed by atoms with Crippen molar-refractivity contribution in [2.24, 2.45) is 0 Å². The van der Waals surface area contributed by atoms with Crippen LogP contribution in [-0.4, -0.2) is 52.0 Å². The molecule has 1 saturated heterocycles. The average molecular weight is 536 g/mol. The zero-order valence-corrected chi connectivity index (χ0v) is 22.3. The Morgan fingerprint density at radius 3 is 2.49 bits per heavy atom. The summed E-state index contributed by atoms with van der Waals surface area (Å²) in [6.45, 7) is 10.6. The van der Waals surface area contributed by atoms with Crippen molar-refractivity contribution in [3.63, 3.8) is 0 Å². The molecule has 1 aliphatic rings. The number of amides is 2. The summed E-state index contributed by atoms with van der Waals surface area (Å²) in [5.41, 5.74) is 1.91. The number of carbonyl (C=O) groups is 1. The van der Waals surface area contributed by atoms with Crippen LogP contribution in [0.25, 0.3) is 5.69 Å². The van der Waals surface area contributed by atoms with Crippen molar-refractivity contribution in [1.29, 1.82) is 0 Å². The Hall–Kier alpha value is -2.53. The molecule has 4 rings (SSSR count). The van der Waals surface area contributed by atoms with E-state index in [9.17, 15) is 9.18 Å². The molecule has 0 spiro atoms. The molecule has 0 bridgehead atoms. The van der Waals surface area contributed by atoms with E-state index in [0.717, 1.165) is 16.1 Å². The summed E-state index contributed by atoms with van der Waals surface area (Å²) in [6, 6.07) is 7.30. The van der Waals surface area contributed by atoms with Crippen LogP contribution >= 0.6 is 35.2 Å². The highest BCUT2D eigenvalue weighted by Gasteiger charge is 2.25. The van der Waals surface area contributed by atoms with Crippen molar-refractivity contribution < 1.29 is 13.9 Å². The van der Waals surface area contributed by atoms with Crippen LogP contribution in [-0.2, 0) is 10.2 Å². The van der Waals surface area contributed by atoms with E-state index < -0.39 is 6.03 Å². The second-order valence-corrected chi connectivity index (χ2v) is 11.0. The lowest BCUT2D eigenvalue weighted by molar-refractivity contribution is 0.0693. The first-order chi connectivity index (χ1) is 16.5. The van der Waals surface area contributed by atoms with Crippen LogP contribution < -0.4 is 10.6 Å². The molecule has 0 radical (unpaired) electrons. The van der Waals surface area contributed by atoms with Gasteiger partial charge in [-0.25, -0.2) is 13.9 Å². The maximum atomic E-state index is 13.5. The molecule has 1 aliphatic heterocycles. The molecule has 0 unspecified atom stereocenters. The van der Waals surface area contributed by atoms with Crippen LogP contribution in [0, 0.1) is 12.7 Å². The lowest BCUT2D eigenvalue weighted by Crippen LogP contribution is -2.39. The van der Waals surface area contributed by atoms with Gasteiger partial charge in [-0.1, -0.05) is 44.6 Å². The molecule has 0 saturated carbocycles. The first-order valence-electron chi connectivity index (χ1n) is 11.1. The Morgan fingerprint density at radius 2 is 1.86 bits per heavy atom. The fraction of sp³-hybridized carbons (Fsp3) is 0.375. The van der Waals surface area contributed by atoms with E-state index in [1.54, 1.807) is 16.8 Å². The van der Waals surface area contributed by atoms with E-state index in [-0.39, 0.29) is 11.2 Å². The minimum absolute atomic E-state index is 0.250. The molecule has 7 nitrogen and oxygen atoms in total. The lowest BCUT2D eigenvalue weighted by atomic mass is 9.92. The molecule has 3 heterocycles. The standard InChI is InChI=1S/C24H27ClFN5O2S2/c1-14-19(25)20(22(34)30-9-11-33-12-10-30)35-21(14)28-23(32)27-18-13-17(24(2,3)4)29-31(18)16-7-5-15(26)6-8-16/h5-8,13H,9-12H2,1-4H3,(H2,27,28,32). The molecule has 0 atom stereocenters. The topological polar surface area (TPSA) is 71.4 Å². The van der Waals surface area contributed by atoms with Gasteiger partial charge in [0.1, 0.15) is 21.6 Å². The SMILES string of the molecule is Cc1c(NC(=O)Nc2cc(C(C)(C)C)nn2-c2ccc(F)cc2)sc(C(=S)N2CCOCC2)c1Cl. The number of thiocarbonyl (C=S) groups is 1. The third-order valence-corrected chi connectivity index (χ3v) is 7.97. The number of anilines is 2. The Labute approximate surface area is 218 Å². The molecule has 2 aromatic heterocycles. The van der Waals surface area contributed by atoms with E-state index in [0.29, 0.717) is 52.8 Å². The fourth-order valence-electron chi connectivity index (χ4n) is 3.53. The molecule has 2 N–H and O–H groups in total. The number of carbonyl (C=O) groups excluding carboxylic acids is 1. The largest absolute Gasteiger partial charge is 0.378 e. The number of morpholine rings is 1. The maximum Gasteiger partial charge on any atom is 0.325 e. The van der Waals surface area contributed by atoms with E-state index >= 15 is 0 Å². The van der Waals surface area contributed by atoms with Crippen LogP contribution in [0.1, 0.15) is 36.9 Å². The Kier molecular flexibility index (Phi) is 7.46. The zero-order chi connectivity index (χ0) is 25.3. The van der Waals surface area contributed by atoms with E-state index in [1.807, 2.05) is 33.8 Å². The van der Waals surface area contributed by atoms with Gasteiger partial charge in [-0.05, 0) is 31.2 Å². The summed E-state index contributed by atoms with van der Waals surface area (Å²) in [5, 5.41) is 11.6. The first-order valence-corrected chi connectivity index (χ1v) is 12.8. The van der Waals surface area contributed by atoms with Crippen molar-refractivity contribution in [2.75, 3.05) is 36.9 Å². The third-order valence-electron chi connectivity index (χ3n) is 5.58. The molecule has 2 amide bonds. The molecule has 186 valence electrons. The molecule has 1 aromatic carbocycles. The number of ether oxygens (including phenoxy) is 1. The van der Waals surface area contributed by atoms with Crippen LogP contribution in [0.5, 0.6) is 0 Å². The summed E-state index contributed by atoms with van der Waals surface area (Å²) in [7, 11) is 0. The van der Waals surface area contributed by atoms with E-state index in [2.05, 4.69) is 20.6 Å². The van der Waals surface area contributed by atoms with Gasteiger partial charge in [-0.2, -0.15) is 5.10 Å². The van der Waals surface area contributed by atoms with Gasteiger partial charge in [0.2, 0.25) is 0 Å². The van der Waals surface area contributed by atoms with Crippen molar-refractivity contribution >= 4 is 57.0 Å². The average Bonchev–Trinajstić information content (AvgIpc) is 3.36. The summed E-state index contributed by atoms with van der Waals surface area (Å²) in [6.07, 6.45) is 0. The molecule has 3 aromatic rings. The zero-order valence-electron chi connectivity index (χ0n) is 19.9. The molecular formula is C24H27ClFN5O2S2. The lowest BCUT2D eigenvalue weighted by Gasteiger charge is -2.28. The highest BCUT2D eigenvalue weighted by atomic mass is 35.5. The van der Waals surface area contributed by atoms with Crippen LogP contribution in [0.4, 0.5) is 20.0 Å². The van der Waals surface area contributed by atoms with Gasteiger partial charge in [0, 0.05) is 30.1 Å². The number of aromatic nitrogens is 2. The molecular weight excluding hydrogens is 509 g/mol.